The van der Waals surface area contributed by atoms with Crippen molar-refractivity contribution in [1.82, 2.24) is 20.3 Å². The average molecular weight is 287 g/mol. The Hall–Kier alpha value is -2.37. The first-order valence-electron chi connectivity index (χ1n) is 7.23. The van der Waals surface area contributed by atoms with Gasteiger partial charge in [-0.1, -0.05) is 13.8 Å². The molecule has 0 saturated carbocycles. The maximum Gasteiger partial charge on any atom is 0.251 e. The Morgan fingerprint density at radius 1 is 1.33 bits per heavy atom. The third kappa shape index (κ3) is 4.30. The van der Waals surface area contributed by atoms with Crippen molar-refractivity contribution >= 4 is 11.7 Å². The van der Waals surface area contributed by atoms with Crippen molar-refractivity contribution in [3.63, 3.8) is 0 Å². The molecule has 0 aliphatic rings. The van der Waals surface area contributed by atoms with Gasteiger partial charge in [0, 0.05) is 24.0 Å². The smallest absolute Gasteiger partial charge is 0.251 e. The Labute approximate surface area is 124 Å². The van der Waals surface area contributed by atoms with Gasteiger partial charge in [-0.3, -0.25) is 4.79 Å². The molecule has 2 rings (SSSR count). The fraction of sp³-hybridized carbons (Fsp3) is 0.400. The van der Waals surface area contributed by atoms with Crippen LogP contribution in [0.5, 0.6) is 0 Å². The van der Waals surface area contributed by atoms with Crippen LogP contribution in [-0.4, -0.2) is 27.4 Å². The fourth-order valence-electron chi connectivity index (χ4n) is 1.90. The van der Waals surface area contributed by atoms with Gasteiger partial charge in [-0.05, 0) is 25.0 Å². The standard InChI is InChI=1S/C15H21N5O/c1-3-5-17-14-7-11(6-12(4-2)20-14)15(21)18-9-13-8-16-10-19-13/h6-8,10H,3-5,9H2,1-2H3,(H,16,19)(H,17,20)(H,18,21). The number of nitrogens with one attached hydrogen (secondary N) is 3. The molecule has 0 radical (unpaired) electrons. The number of aromatic amines is 1. The van der Waals surface area contributed by atoms with Crippen LogP contribution in [-0.2, 0) is 13.0 Å². The molecule has 0 aromatic carbocycles. The monoisotopic (exact) mass is 287 g/mol. The molecule has 1 amide bonds. The van der Waals surface area contributed by atoms with E-state index < -0.39 is 0 Å². The maximum absolute atomic E-state index is 12.2. The first-order chi connectivity index (χ1) is 10.2. The largest absolute Gasteiger partial charge is 0.370 e. The number of amides is 1. The van der Waals surface area contributed by atoms with Gasteiger partial charge in [0.1, 0.15) is 5.82 Å². The first-order valence-corrected chi connectivity index (χ1v) is 7.23. The predicted octanol–water partition coefficient (Wildman–Crippen LogP) is 2.12. The number of aryl methyl sites for hydroxylation is 1. The SMILES string of the molecule is CCCNc1cc(C(=O)NCc2cnc[nH]2)cc(CC)n1. The molecule has 2 aromatic heterocycles. The van der Waals surface area contributed by atoms with Gasteiger partial charge >= 0.3 is 0 Å². The van der Waals surface area contributed by atoms with E-state index in [0.717, 1.165) is 36.6 Å². The molecule has 21 heavy (non-hydrogen) atoms. The first kappa shape index (κ1) is 15.0. The van der Waals surface area contributed by atoms with Crippen molar-refractivity contribution in [3.05, 3.63) is 41.6 Å². The van der Waals surface area contributed by atoms with E-state index in [4.69, 9.17) is 0 Å². The van der Waals surface area contributed by atoms with Gasteiger partial charge in [0.05, 0.1) is 18.6 Å². The maximum atomic E-state index is 12.2. The third-order valence-corrected chi connectivity index (χ3v) is 3.05. The van der Waals surface area contributed by atoms with Crippen LogP contribution in [0.3, 0.4) is 0 Å². The van der Waals surface area contributed by atoms with Gasteiger partial charge in [0.15, 0.2) is 0 Å². The van der Waals surface area contributed by atoms with Crippen LogP contribution in [0.1, 0.15) is 42.0 Å². The van der Waals surface area contributed by atoms with Crippen LogP contribution < -0.4 is 10.6 Å². The number of carbonyl (C=O) groups is 1. The van der Waals surface area contributed by atoms with Crippen molar-refractivity contribution in [1.29, 1.82) is 0 Å². The lowest BCUT2D eigenvalue weighted by molar-refractivity contribution is 0.0950. The van der Waals surface area contributed by atoms with Gasteiger partial charge < -0.3 is 15.6 Å². The van der Waals surface area contributed by atoms with E-state index in [1.165, 1.54) is 0 Å². The summed E-state index contributed by atoms with van der Waals surface area (Å²) < 4.78 is 0. The molecular formula is C15H21N5O. The average Bonchev–Trinajstić information content (AvgIpc) is 3.03. The van der Waals surface area contributed by atoms with Crippen LogP contribution >= 0.6 is 0 Å². The highest BCUT2D eigenvalue weighted by atomic mass is 16.1. The Morgan fingerprint density at radius 2 is 2.19 bits per heavy atom. The number of nitrogens with zero attached hydrogens (tertiary/aromatic N) is 2. The highest BCUT2D eigenvalue weighted by molar-refractivity contribution is 5.94. The van der Waals surface area contributed by atoms with E-state index in [9.17, 15) is 4.79 Å². The summed E-state index contributed by atoms with van der Waals surface area (Å²) in [7, 11) is 0. The number of H-pyrrole nitrogens is 1. The van der Waals surface area contributed by atoms with Crippen LogP contribution in [0.4, 0.5) is 5.82 Å². The zero-order valence-corrected chi connectivity index (χ0v) is 12.4. The summed E-state index contributed by atoms with van der Waals surface area (Å²) in [6.07, 6.45) is 5.09. The summed E-state index contributed by atoms with van der Waals surface area (Å²) in [6.45, 7) is 5.39. The molecule has 0 aliphatic heterocycles. The molecule has 0 aliphatic carbocycles. The minimum absolute atomic E-state index is 0.110. The van der Waals surface area contributed by atoms with Gasteiger partial charge in [-0.15, -0.1) is 0 Å². The molecule has 0 fully saturated rings. The molecule has 0 saturated heterocycles. The molecule has 2 heterocycles. The molecule has 0 bridgehead atoms. The summed E-state index contributed by atoms with van der Waals surface area (Å²) in [5.74, 6) is 0.643. The van der Waals surface area contributed by atoms with Crippen LogP contribution in [0.25, 0.3) is 0 Å². The normalized spacial score (nSPS) is 10.4. The van der Waals surface area contributed by atoms with Crippen molar-refractivity contribution in [2.45, 2.75) is 33.2 Å². The number of rotatable bonds is 7. The molecular weight excluding hydrogens is 266 g/mol. The number of hydrogen-bond donors (Lipinski definition) is 3. The van der Waals surface area contributed by atoms with E-state index in [0.29, 0.717) is 12.1 Å². The highest BCUT2D eigenvalue weighted by Crippen LogP contribution is 2.11. The number of pyridine rings is 1. The quantitative estimate of drug-likeness (QED) is 0.728. The lowest BCUT2D eigenvalue weighted by atomic mass is 10.1. The number of anilines is 1. The molecule has 0 atom stereocenters. The molecule has 112 valence electrons. The lowest BCUT2D eigenvalue weighted by Gasteiger charge is -2.10. The van der Waals surface area contributed by atoms with Gasteiger partial charge in [-0.25, -0.2) is 9.97 Å². The number of aromatic nitrogens is 3. The van der Waals surface area contributed by atoms with Gasteiger partial charge in [0.25, 0.3) is 5.91 Å². The minimum atomic E-state index is -0.110. The van der Waals surface area contributed by atoms with E-state index in [1.54, 1.807) is 18.6 Å². The zero-order chi connectivity index (χ0) is 15.1. The lowest BCUT2D eigenvalue weighted by Crippen LogP contribution is -2.23. The third-order valence-electron chi connectivity index (χ3n) is 3.05. The Balaban J connectivity index is 2.07. The molecule has 3 N–H and O–H groups in total. The second-order valence-corrected chi connectivity index (χ2v) is 4.77. The molecule has 6 heteroatoms. The minimum Gasteiger partial charge on any atom is -0.370 e. The van der Waals surface area contributed by atoms with Crippen LogP contribution in [0.15, 0.2) is 24.7 Å². The molecule has 6 nitrogen and oxygen atoms in total. The molecule has 0 spiro atoms. The van der Waals surface area contributed by atoms with Gasteiger partial charge in [0.2, 0.25) is 0 Å². The summed E-state index contributed by atoms with van der Waals surface area (Å²) in [5, 5.41) is 6.10. The fourth-order valence-corrected chi connectivity index (χ4v) is 1.90. The topological polar surface area (TPSA) is 82.7 Å². The van der Waals surface area contributed by atoms with E-state index >= 15 is 0 Å². The van der Waals surface area contributed by atoms with Crippen molar-refractivity contribution < 1.29 is 4.79 Å². The second kappa shape index (κ2) is 7.42. The van der Waals surface area contributed by atoms with Gasteiger partial charge in [-0.2, -0.15) is 0 Å². The molecule has 2 aromatic rings. The summed E-state index contributed by atoms with van der Waals surface area (Å²) in [6, 6.07) is 3.62. The summed E-state index contributed by atoms with van der Waals surface area (Å²) in [5.41, 5.74) is 2.40. The van der Waals surface area contributed by atoms with Crippen molar-refractivity contribution in [3.8, 4) is 0 Å². The second-order valence-electron chi connectivity index (χ2n) is 4.77. The summed E-state index contributed by atoms with van der Waals surface area (Å²) in [4.78, 5) is 23.6. The predicted molar refractivity (Wildman–Crippen MR) is 82.2 cm³/mol. The van der Waals surface area contributed by atoms with Crippen molar-refractivity contribution in [2.75, 3.05) is 11.9 Å². The Bertz CT molecular complexity index is 580. The number of imidazole rings is 1. The molecule has 0 unspecified atom stereocenters. The number of carbonyl (C=O) groups excluding carboxylic acids is 1. The van der Waals surface area contributed by atoms with Crippen LogP contribution in [0, 0.1) is 0 Å². The Morgan fingerprint density at radius 3 is 2.86 bits per heavy atom. The van der Waals surface area contributed by atoms with E-state index in [1.807, 2.05) is 13.0 Å². The van der Waals surface area contributed by atoms with E-state index in [-0.39, 0.29) is 5.91 Å². The summed E-state index contributed by atoms with van der Waals surface area (Å²) >= 11 is 0. The Kier molecular flexibility index (Phi) is 5.31. The van der Waals surface area contributed by atoms with E-state index in [2.05, 4.69) is 32.5 Å². The zero-order valence-electron chi connectivity index (χ0n) is 12.4. The highest BCUT2D eigenvalue weighted by Gasteiger charge is 2.09. The number of hydrogen-bond acceptors (Lipinski definition) is 4. The van der Waals surface area contributed by atoms with Crippen LogP contribution in [0.2, 0.25) is 0 Å². The van der Waals surface area contributed by atoms with Crippen molar-refractivity contribution in [2.24, 2.45) is 0 Å².